The summed E-state index contributed by atoms with van der Waals surface area (Å²) in [6.45, 7) is 0.696. The molecule has 2 atom stereocenters. The molecule has 3 rings (SSSR count). The molecule has 5 nitrogen and oxygen atoms in total. The molecule has 0 unspecified atom stereocenters. The first-order valence-electron chi connectivity index (χ1n) is 7.11. The van der Waals surface area contributed by atoms with Crippen molar-refractivity contribution < 1.29 is 9.90 Å². The van der Waals surface area contributed by atoms with E-state index in [1.807, 2.05) is 24.3 Å². The van der Waals surface area contributed by atoms with Crippen molar-refractivity contribution in [2.24, 2.45) is 13.0 Å². The second-order valence-electron chi connectivity index (χ2n) is 5.81. The summed E-state index contributed by atoms with van der Waals surface area (Å²) in [7, 11) is 1.88. The standard InChI is InChI=1S/C14H21N3O2/c1-16-9-10(8-15-16)7-12-13(18)5-6-17(12)14(19)11-3-2-4-11/h8-9,11-13,18H,2-7H2,1H3/t12-,13-/m1/s1. The van der Waals surface area contributed by atoms with Gasteiger partial charge in [-0.05, 0) is 31.2 Å². The van der Waals surface area contributed by atoms with Crippen molar-refractivity contribution in [3.8, 4) is 0 Å². The number of aromatic nitrogens is 2. The van der Waals surface area contributed by atoms with Crippen LogP contribution in [0.2, 0.25) is 0 Å². The minimum Gasteiger partial charge on any atom is -0.391 e. The van der Waals surface area contributed by atoms with E-state index in [9.17, 15) is 9.90 Å². The Morgan fingerprint density at radius 2 is 2.26 bits per heavy atom. The van der Waals surface area contributed by atoms with E-state index in [0.29, 0.717) is 19.4 Å². The van der Waals surface area contributed by atoms with Gasteiger partial charge in [0.1, 0.15) is 0 Å². The smallest absolute Gasteiger partial charge is 0.226 e. The van der Waals surface area contributed by atoms with Crippen molar-refractivity contribution in [1.82, 2.24) is 14.7 Å². The monoisotopic (exact) mass is 263 g/mol. The summed E-state index contributed by atoms with van der Waals surface area (Å²) in [6, 6.07) is -0.0719. The number of aryl methyl sites for hydroxylation is 1. The highest BCUT2D eigenvalue weighted by atomic mass is 16.3. The van der Waals surface area contributed by atoms with Gasteiger partial charge in [-0.3, -0.25) is 9.48 Å². The average Bonchev–Trinajstić information content (AvgIpc) is 2.85. The van der Waals surface area contributed by atoms with Crippen LogP contribution in [0.5, 0.6) is 0 Å². The summed E-state index contributed by atoms with van der Waals surface area (Å²) in [5, 5.41) is 14.3. The second kappa shape index (κ2) is 4.96. The van der Waals surface area contributed by atoms with E-state index in [1.165, 1.54) is 6.42 Å². The highest BCUT2D eigenvalue weighted by Gasteiger charge is 2.39. The van der Waals surface area contributed by atoms with Crippen LogP contribution in [0.4, 0.5) is 0 Å². The van der Waals surface area contributed by atoms with Crippen molar-refractivity contribution in [3.05, 3.63) is 18.0 Å². The Labute approximate surface area is 113 Å². The van der Waals surface area contributed by atoms with E-state index >= 15 is 0 Å². The molecule has 1 N–H and O–H groups in total. The summed E-state index contributed by atoms with van der Waals surface area (Å²) in [5.41, 5.74) is 1.08. The van der Waals surface area contributed by atoms with Gasteiger partial charge in [-0.1, -0.05) is 6.42 Å². The van der Waals surface area contributed by atoms with Gasteiger partial charge in [-0.15, -0.1) is 0 Å². The maximum atomic E-state index is 12.4. The van der Waals surface area contributed by atoms with Gasteiger partial charge < -0.3 is 10.0 Å². The number of hydrogen-bond donors (Lipinski definition) is 1. The lowest BCUT2D eigenvalue weighted by Gasteiger charge is -2.33. The molecule has 1 aromatic heterocycles. The van der Waals surface area contributed by atoms with Gasteiger partial charge in [-0.25, -0.2) is 0 Å². The molecule has 2 fully saturated rings. The third-order valence-electron chi connectivity index (χ3n) is 4.45. The van der Waals surface area contributed by atoms with Crippen molar-refractivity contribution in [1.29, 1.82) is 0 Å². The van der Waals surface area contributed by atoms with E-state index in [1.54, 1.807) is 4.68 Å². The van der Waals surface area contributed by atoms with Crippen LogP contribution >= 0.6 is 0 Å². The topological polar surface area (TPSA) is 58.4 Å². The molecule has 1 aliphatic carbocycles. The maximum absolute atomic E-state index is 12.4. The Balaban J connectivity index is 1.71. The molecule has 2 aliphatic rings. The Morgan fingerprint density at radius 1 is 1.47 bits per heavy atom. The van der Waals surface area contributed by atoms with E-state index in [0.717, 1.165) is 18.4 Å². The summed E-state index contributed by atoms with van der Waals surface area (Å²) >= 11 is 0. The lowest BCUT2D eigenvalue weighted by molar-refractivity contribution is -0.139. The fourth-order valence-electron chi connectivity index (χ4n) is 3.07. The zero-order valence-corrected chi connectivity index (χ0v) is 11.3. The molecule has 0 bridgehead atoms. The normalized spacial score (nSPS) is 27.6. The summed E-state index contributed by atoms with van der Waals surface area (Å²) in [6.07, 6.45) is 7.98. The van der Waals surface area contributed by atoms with Crippen molar-refractivity contribution in [3.63, 3.8) is 0 Å². The predicted octanol–water partition coefficient (Wildman–Crippen LogP) is 0.724. The van der Waals surface area contributed by atoms with Crippen LogP contribution in [0.1, 0.15) is 31.2 Å². The zero-order valence-electron chi connectivity index (χ0n) is 11.3. The molecule has 19 heavy (non-hydrogen) atoms. The first kappa shape index (κ1) is 12.7. The van der Waals surface area contributed by atoms with E-state index in [4.69, 9.17) is 0 Å². The molecule has 1 aromatic rings. The lowest BCUT2D eigenvalue weighted by Crippen LogP contribution is -2.45. The first-order valence-corrected chi connectivity index (χ1v) is 7.11. The first-order chi connectivity index (χ1) is 9.15. The third kappa shape index (κ3) is 2.39. The Morgan fingerprint density at radius 3 is 2.84 bits per heavy atom. The summed E-state index contributed by atoms with van der Waals surface area (Å²) in [5.74, 6) is 0.457. The number of carbonyl (C=O) groups excluding carboxylic acids is 1. The molecule has 1 amide bonds. The molecule has 104 valence electrons. The van der Waals surface area contributed by atoms with E-state index < -0.39 is 6.10 Å². The van der Waals surface area contributed by atoms with Crippen molar-refractivity contribution in [2.75, 3.05) is 6.54 Å². The van der Waals surface area contributed by atoms with Crippen LogP contribution in [0, 0.1) is 5.92 Å². The van der Waals surface area contributed by atoms with Gasteiger partial charge in [0.05, 0.1) is 18.3 Å². The lowest BCUT2D eigenvalue weighted by atomic mass is 9.84. The van der Waals surface area contributed by atoms with Crippen molar-refractivity contribution in [2.45, 2.75) is 44.2 Å². The largest absolute Gasteiger partial charge is 0.391 e. The average molecular weight is 263 g/mol. The van der Waals surface area contributed by atoms with Gasteiger partial charge in [0.2, 0.25) is 5.91 Å². The van der Waals surface area contributed by atoms with Crippen LogP contribution in [0.25, 0.3) is 0 Å². The number of rotatable bonds is 3. The molecule has 0 spiro atoms. The minimum atomic E-state index is -0.399. The highest BCUT2D eigenvalue weighted by molar-refractivity contribution is 5.80. The summed E-state index contributed by atoms with van der Waals surface area (Å²) in [4.78, 5) is 14.3. The third-order valence-corrected chi connectivity index (χ3v) is 4.45. The second-order valence-corrected chi connectivity index (χ2v) is 5.81. The number of amides is 1. The number of likely N-dealkylation sites (tertiary alicyclic amines) is 1. The van der Waals surface area contributed by atoms with E-state index in [2.05, 4.69) is 5.10 Å². The van der Waals surface area contributed by atoms with Crippen LogP contribution in [-0.4, -0.2) is 44.4 Å². The van der Waals surface area contributed by atoms with Crippen LogP contribution < -0.4 is 0 Å². The molecular formula is C14H21N3O2. The van der Waals surface area contributed by atoms with Crippen molar-refractivity contribution >= 4 is 5.91 Å². The molecule has 5 heteroatoms. The Hall–Kier alpha value is -1.36. The number of hydrogen-bond acceptors (Lipinski definition) is 3. The maximum Gasteiger partial charge on any atom is 0.226 e. The molecule has 1 saturated heterocycles. The molecular weight excluding hydrogens is 242 g/mol. The van der Waals surface area contributed by atoms with Gasteiger partial charge in [0.25, 0.3) is 0 Å². The summed E-state index contributed by atoms with van der Waals surface area (Å²) < 4.78 is 1.76. The molecule has 0 radical (unpaired) electrons. The zero-order chi connectivity index (χ0) is 13.4. The number of aliphatic hydroxyl groups excluding tert-OH is 1. The molecule has 1 aliphatic heterocycles. The number of aliphatic hydroxyl groups is 1. The molecule has 1 saturated carbocycles. The highest BCUT2D eigenvalue weighted by Crippen LogP contribution is 2.32. The van der Waals surface area contributed by atoms with Gasteiger partial charge >= 0.3 is 0 Å². The Kier molecular flexibility index (Phi) is 3.31. The van der Waals surface area contributed by atoms with Gasteiger partial charge in [-0.2, -0.15) is 5.10 Å². The van der Waals surface area contributed by atoms with Crippen LogP contribution in [0.15, 0.2) is 12.4 Å². The predicted molar refractivity (Wildman–Crippen MR) is 70.4 cm³/mol. The Bertz CT molecular complexity index is 467. The van der Waals surface area contributed by atoms with Gasteiger partial charge in [0.15, 0.2) is 0 Å². The molecule has 2 heterocycles. The van der Waals surface area contributed by atoms with Gasteiger partial charge in [0, 0.05) is 25.7 Å². The SMILES string of the molecule is Cn1cc(C[C@@H]2[C@H](O)CCN2C(=O)C2CCC2)cn1. The molecule has 0 aromatic carbocycles. The van der Waals surface area contributed by atoms with Crippen LogP contribution in [0.3, 0.4) is 0 Å². The minimum absolute atomic E-state index is 0.0719. The fourth-order valence-corrected chi connectivity index (χ4v) is 3.07. The fraction of sp³-hybridized carbons (Fsp3) is 0.714. The number of carbonyl (C=O) groups is 1. The number of nitrogens with zero attached hydrogens (tertiary/aromatic N) is 3. The van der Waals surface area contributed by atoms with E-state index in [-0.39, 0.29) is 17.9 Å². The quantitative estimate of drug-likeness (QED) is 0.874. The van der Waals surface area contributed by atoms with Crippen LogP contribution in [-0.2, 0) is 18.3 Å².